The molecular formula is C18H17FN4O2. The Balaban J connectivity index is 1.38. The normalized spacial score (nSPS) is 24.8. The molecule has 128 valence electrons. The Kier molecular flexibility index (Phi) is 4.20. The summed E-state index contributed by atoms with van der Waals surface area (Å²) in [6.07, 6.45) is 2.48. The number of hydrogen-bond donors (Lipinski definition) is 0. The van der Waals surface area contributed by atoms with Gasteiger partial charge in [0.25, 0.3) is 0 Å². The highest BCUT2D eigenvalue weighted by Gasteiger charge is 2.44. The Morgan fingerprint density at radius 2 is 2.16 bits per heavy atom. The summed E-state index contributed by atoms with van der Waals surface area (Å²) in [5.74, 6) is 1.37. The van der Waals surface area contributed by atoms with E-state index in [1.165, 1.54) is 12.4 Å². The van der Waals surface area contributed by atoms with Gasteiger partial charge in [0.1, 0.15) is 5.75 Å². The maximum absolute atomic E-state index is 13.0. The van der Waals surface area contributed by atoms with Gasteiger partial charge in [-0.25, -0.2) is 14.4 Å². The zero-order chi connectivity index (χ0) is 17.2. The molecule has 1 aromatic carbocycles. The minimum Gasteiger partial charge on any atom is -0.493 e. The highest BCUT2D eigenvalue weighted by Crippen LogP contribution is 2.35. The molecule has 3 atom stereocenters. The van der Waals surface area contributed by atoms with Crippen molar-refractivity contribution in [2.45, 2.75) is 6.10 Å². The van der Waals surface area contributed by atoms with Crippen LogP contribution in [0.25, 0.3) is 0 Å². The van der Waals surface area contributed by atoms with Crippen LogP contribution in [0.2, 0.25) is 0 Å². The second-order valence-electron chi connectivity index (χ2n) is 6.35. The number of aromatic nitrogens is 2. The van der Waals surface area contributed by atoms with Crippen molar-refractivity contribution in [3.05, 3.63) is 48.0 Å². The third kappa shape index (κ3) is 3.26. The van der Waals surface area contributed by atoms with E-state index in [0.717, 1.165) is 6.54 Å². The van der Waals surface area contributed by atoms with E-state index in [4.69, 9.17) is 14.7 Å². The molecule has 0 aliphatic carbocycles. The fourth-order valence-corrected chi connectivity index (χ4v) is 3.46. The maximum atomic E-state index is 13.0. The van der Waals surface area contributed by atoms with E-state index in [1.807, 2.05) is 17.0 Å². The number of rotatable bonds is 4. The summed E-state index contributed by atoms with van der Waals surface area (Å²) in [6, 6.07) is 9.25. The lowest BCUT2D eigenvalue weighted by Crippen LogP contribution is -2.27. The maximum Gasteiger partial charge on any atom is 0.225 e. The van der Waals surface area contributed by atoms with E-state index < -0.39 is 5.82 Å². The molecule has 0 N–H and O–H groups in total. The molecule has 0 unspecified atom stereocenters. The van der Waals surface area contributed by atoms with E-state index >= 15 is 0 Å². The Morgan fingerprint density at radius 1 is 1.32 bits per heavy atom. The van der Waals surface area contributed by atoms with Gasteiger partial charge in [0.2, 0.25) is 5.95 Å². The van der Waals surface area contributed by atoms with Gasteiger partial charge in [-0.15, -0.1) is 0 Å². The van der Waals surface area contributed by atoms with Gasteiger partial charge in [-0.05, 0) is 18.2 Å². The molecule has 0 radical (unpaired) electrons. The zero-order valence-electron chi connectivity index (χ0n) is 13.5. The topological polar surface area (TPSA) is 71.3 Å². The van der Waals surface area contributed by atoms with Crippen molar-refractivity contribution in [2.24, 2.45) is 11.8 Å². The molecule has 2 aliphatic rings. The molecule has 2 fully saturated rings. The molecule has 6 nitrogen and oxygen atoms in total. The van der Waals surface area contributed by atoms with Gasteiger partial charge in [0.05, 0.1) is 43.3 Å². The van der Waals surface area contributed by atoms with Gasteiger partial charge >= 0.3 is 0 Å². The van der Waals surface area contributed by atoms with Gasteiger partial charge in [-0.1, -0.05) is 6.07 Å². The van der Waals surface area contributed by atoms with Crippen LogP contribution in [-0.2, 0) is 4.74 Å². The minimum absolute atomic E-state index is 0.118. The first-order valence-electron chi connectivity index (χ1n) is 8.20. The monoisotopic (exact) mass is 340 g/mol. The van der Waals surface area contributed by atoms with E-state index in [9.17, 15) is 4.39 Å². The molecule has 2 aliphatic heterocycles. The number of ether oxygens (including phenoxy) is 2. The molecule has 0 spiro atoms. The van der Waals surface area contributed by atoms with Crippen LogP contribution >= 0.6 is 0 Å². The SMILES string of the molecule is N#Cc1cccc(OC[C@@H]2CO[C@H]3CN(c4ncc(F)cn4)C[C@@H]23)c1. The number of nitrogens with zero attached hydrogens (tertiary/aromatic N) is 4. The molecular weight excluding hydrogens is 323 g/mol. The number of hydrogen-bond acceptors (Lipinski definition) is 6. The Bertz CT molecular complexity index is 792. The summed E-state index contributed by atoms with van der Waals surface area (Å²) in [7, 11) is 0. The van der Waals surface area contributed by atoms with Crippen LogP contribution in [0.3, 0.4) is 0 Å². The Hall–Kier alpha value is -2.72. The zero-order valence-corrected chi connectivity index (χ0v) is 13.5. The summed E-state index contributed by atoms with van der Waals surface area (Å²) >= 11 is 0. The lowest BCUT2D eigenvalue weighted by molar-refractivity contribution is 0.108. The van der Waals surface area contributed by atoms with Gasteiger partial charge in [-0.3, -0.25) is 0 Å². The lowest BCUT2D eigenvalue weighted by atomic mass is 9.94. The first kappa shape index (κ1) is 15.8. The van der Waals surface area contributed by atoms with Crippen molar-refractivity contribution in [1.29, 1.82) is 5.26 Å². The van der Waals surface area contributed by atoms with Crippen molar-refractivity contribution < 1.29 is 13.9 Å². The molecule has 0 amide bonds. The van der Waals surface area contributed by atoms with Crippen LogP contribution in [-0.4, -0.2) is 42.4 Å². The number of fused-ring (bicyclic) bond motifs is 1. The van der Waals surface area contributed by atoms with Crippen molar-refractivity contribution in [3.8, 4) is 11.8 Å². The predicted octanol–water partition coefficient (Wildman–Crippen LogP) is 2.02. The average Bonchev–Trinajstić information content (AvgIpc) is 3.22. The minimum atomic E-state index is -0.440. The van der Waals surface area contributed by atoms with E-state index in [-0.39, 0.29) is 12.0 Å². The van der Waals surface area contributed by atoms with Crippen LogP contribution in [0.4, 0.5) is 10.3 Å². The van der Waals surface area contributed by atoms with Crippen LogP contribution < -0.4 is 9.64 Å². The third-order valence-corrected chi connectivity index (χ3v) is 4.76. The van der Waals surface area contributed by atoms with Crippen LogP contribution in [0.15, 0.2) is 36.7 Å². The van der Waals surface area contributed by atoms with E-state index in [2.05, 4.69) is 16.0 Å². The van der Waals surface area contributed by atoms with Gasteiger partial charge in [-0.2, -0.15) is 5.26 Å². The number of halogens is 1. The van der Waals surface area contributed by atoms with Gasteiger partial charge in [0, 0.05) is 24.9 Å². The van der Waals surface area contributed by atoms with E-state index in [1.54, 1.807) is 12.1 Å². The summed E-state index contributed by atoms with van der Waals surface area (Å²) in [5.41, 5.74) is 0.582. The van der Waals surface area contributed by atoms with Gasteiger partial charge in [0.15, 0.2) is 5.82 Å². The molecule has 25 heavy (non-hydrogen) atoms. The first-order valence-corrected chi connectivity index (χ1v) is 8.20. The standard InChI is InChI=1S/C18H17FN4O2/c19-14-6-21-18(22-7-14)23-8-16-13(11-25-17(16)9-23)10-24-15-3-1-2-12(4-15)5-20/h1-4,6-7,13,16-17H,8-11H2/t13-,16+,17+/m1/s1. The Morgan fingerprint density at radius 3 is 2.96 bits per heavy atom. The fraction of sp³-hybridized carbons (Fsp3) is 0.389. The first-order chi connectivity index (χ1) is 12.2. The fourth-order valence-electron chi connectivity index (χ4n) is 3.46. The summed E-state index contributed by atoms with van der Waals surface area (Å²) < 4.78 is 24.7. The largest absolute Gasteiger partial charge is 0.493 e. The number of anilines is 1. The van der Waals surface area contributed by atoms with E-state index in [0.29, 0.717) is 42.9 Å². The van der Waals surface area contributed by atoms with Crippen molar-refractivity contribution in [3.63, 3.8) is 0 Å². The van der Waals surface area contributed by atoms with Gasteiger partial charge < -0.3 is 14.4 Å². The molecule has 7 heteroatoms. The predicted molar refractivity (Wildman–Crippen MR) is 87.6 cm³/mol. The number of benzene rings is 1. The molecule has 2 saturated heterocycles. The molecule has 3 heterocycles. The Labute approximate surface area is 144 Å². The highest BCUT2D eigenvalue weighted by molar-refractivity contribution is 5.36. The summed E-state index contributed by atoms with van der Waals surface area (Å²) in [4.78, 5) is 10.1. The second kappa shape index (κ2) is 6.65. The molecule has 2 aromatic rings. The molecule has 4 rings (SSSR count). The quantitative estimate of drug-likeness (QED) is 0.848. The average molecular weight is 340 g/mol. The van der Waals surface area contributed by atoms with Crippen molar-refractivity contribution in [1.82, 2.24) is 9.97 Å². The molecule has 0 bridgehead atoms. The third-order valence-electron chi connectivity index (χ3n) is 4.76. The van der Waals surface area contributed by atoms with Crippen LogP contribution in [0.5, 0.6) is 5.75 Å². The highest BCUT2D eigenvalue weighted by atomic mass is 19.1. The molecule has 0 saturated carbocycles. The second-order valence-corrected chi connectivity index (χ2v) is 6.35. The molecule has 1 aromatic heterocycles. The van der Waals surface area contributed by atoms with Crippen LogP contribution in [0.1, 0.15) is 5.56 Å². The summed E-state index contributed by atoms with van der Waals surface area (Å²) in [6.45, 7) is 2.67. The number of nitriles is 1. The van der Waals surface area contributed by atoms with Crippen molar-refractivity contribution in [2.75, 3.05) is 31.2 Å². The van der Waals surface area contributed by atoms with Crippen LogP contribution in [0, 0.1) is 29.0 Å². The van der Waals surface area contributed by atoms with Crippen molar-refractivity contribution >= 4 is 5.95 Å². The lowest BCUT2D eigenvalue weighted by Gasteiger charge is -2.20. The summed E-state index contributed by atoms with van der Waals surface area (Å²) in [5, 5.41) is 8.95. The smallest absolute Gasteiger partial charge is 0.225 e.